The molecule has 1 saturated heterocycles. The van der Waals surface area contributed by atoms with Gasteiger partial charge in [-0.15, -0.1) is 0 Å². The molecule has 3 rings (SSSR count). The lowest BCUT2D eigenvalue weighted by molar-refractivity contribution is 0.331. The van der Waals surface area contributed by atoms with Crippen LogP contribution < -0.4 is 5.73 Å². The van der Waals surface area contributed by atoms with Crippen LogP contribution in [-0.4, -0.2) is 24.5 Å². The van der Waals surface area contributed by atoms with Gasteiger partial charge in [-0.25, -0.2) is 0 Å². The molecule has 2 nitrogen and oxygen atoms in total. The molecule has 0 amide bonds. The van der Waals surface area contributed by atoms with Gasteiger partial charge in [0.2, 0.25) is 0 Å². The van der Waals surface area contributed by atoms with Crippen LogP contribution in [0, 0.1) is 0 Å². The van der Waals surface area contributed by atoms with Gasteiger partial charge in [-0.05, 0) is 49.9 Å². The summed E-state index contributed by atoms with van der Waals surface area (Å²) in [6.45, 7) is 4.47. The molecule has 1 aliphatic heterocycles. The van der Waals surface area contributed by atoms with Crippen LogP contribution in [0.1, 0.15) is 49.7 Å². The molecule has 19 heavy (non-hydrogen) atoms. The molecule has 1 aromatic rings. The smallest absolute Gasteiger partial charge is 0.0233 e. The first kappa shape index (κ1) is 13.1. The molecule has 0 aromatic heterocycles. The van der Waals surface area contributed by atoms with Crippen molar-refractivity contribution in [3.05, 3.63) is 35.4 Å². The summed E-state index contributed by atoms with van der Waals surface area (Å²) in [7, 11) is 0. The summed E-state index contributed by atoms with van der Waals surface area (Å²) in [5, 5.41) is 0. The number of rotatable bonds is 4. The van der Waals surface area contributed by atoms with Gasteiger partial charge in [-0.1, -0.05) is 37.1 Å². The van der Waals surface area contributed by atoms with Crippen LogP contribution in [0.15, 0.2) is 24.3 Å². The summed E-state index contributed by atoms with van der Waals surface area (Å²) >= 11 is 0. The molecule has 0 atom stereocenters. The minimum atomic E-state index is 0.279. The van der Waals surface area contributed by atoms with Gasteiger partial charge >= 0.3 is 0 Å². The van der Waals surface area contributed by atoms with Crippen LogP contribution in [0.3, 0.4) is 0 Å². The summed E-state index contributed by atoms with van der Waals surface area (Å²) in [4.78, 5) is 2.57. The summed E-state index contributed by atoms with van der Waals surface area (Å²) in [5.74, 6) is 0. The van der Waals surface area contributed by atoms with Crippen molar-refractivity contribution in [3.8, 4) is 0 Å². The van der Waals surface area contributed by atoms with E-state index in [0.717, 1.165) is 13.1 Å². The van der Waals surface area contributed by atoms with Crippen LogP contribution in [0.2, 0.25) is 0 Å². The van der Waals surface area contributed by atoms with Crippen molar-refractivity contribution < 1.29 is 0 Å². The number of benzene rings is 1. The Hall–Kier alpha value is -0.860. The van der Waals surface area contributed by atoms with Crippen molar-refractivity contribution in [3.63, 3.8) is 0 Å². The maximum Gasteiger partial charge on any atom is 0.0233 e. The van der Waals surface area contributed by atoms with Crippen LogP contribution in [-0.2, 0) is 12.0 Å². The second-order valence-corrected chi connectivity index (χ2v) is 6.38. The lowest BCUT2D eigenvalue weighted by Crippen LogP contribution is -2.32. The molecule has 2 N–H and O–H groups in total. The highest BCUT2D eigenvalue weighted by molar-refractivity contribution is 5.31. The van der Waals surface area contributed by atoms with Crippen LogP contribution in [0.4, 0.5) is 0 Å². The van der Waals surface area contributed by atoms with Gasteiger partial charge in [0.15, 0.2) is 0 Å². The standard InChI is InChI=1S/C17H26N2/c18-14-17(8-1-2-9-17)16-7-5-6-15(12-16)13-19-10-3-4-11-19/h5-7,12H,1-4,8-11,13-14,18H2. The molecule has 2 heteroatoms. The fourth-order valence-electron chi connectivity index (χ4n) is 3.86. The zero-order valence-electron chi connectivity index (χ0n) is 11.9. The van der Waals surface area contributed by atoms with Gasteiger partial charge in [0.1, 0.15) is 0 Å². The van der Waals surface area contributed by atoms with Gasteiger partial charge in [-0.3, -0.25) is 4.90 Å². The Morgan fingerprint density at radius 2 is 1.79 bits per heavy atom. The van der Waals surface area contributed by atoms with Gasteiger partial charge < -0.3 is 5.73 Å². The molecular weight excluding hydrogens is 232 g/mol. The van der Waals surface area contributed by atoms with Gasteiger partial charge in [0.25, 0.3) is 0 Å². The SMILES string of the molecule is NCC1(c2cccc(CN3CCCC3)c2)CCCC1. The Labute approximate surface area is 117 Å². The number of nitrogens with two attached hydrogens (primary N) is 1. The van der Waals surface area contributed by atoms with Crippen molar-refractivity contribution in [2.75, 3.05) is 19.6 Å². The maximum absolute atomic E-state index is 6.10. The highest BCUT2D eigenvalue weighted by Gasteiger charge is 2.34. The maximum atomic E-state index is 6.10. The number of hydrogen-bond acceptors (Lipinski definition) is 2. The van der Waals surface area contributed by atoms with E-state index >= 15 is 0 Å². The molecule has 0 unspecified atom stereocenters. The van der Waals surface area contributed by atoms with Gasteiger partial charge in [-0.2, -0.15) is 0 Å². The fraction of sp³-hybridized carbons (Fsp3) is 0.647. The molecule has 2 aliphatic rings. The molecular formula is C17H26N2. The van der Waals surface area contributed by atoms with Crippen molar-refractivity contribution in [1.82, 2.24) is 4.90 Å². The summed E-state index contributed by atoms with van der Waals surface area (Å²) in [6.07, 6.45) is 7.97. The second-order valence-electron chi connectivity index (χ2n) is 6.38. The molecule has 0 radical (unpaired) electrons. The third-order valence-electron chi connectivity index (χ3n) is 5.10. The molecule has 2 fully saturated rings. The summed E-state index contributed by atoms with van der Waals surface area (Å²) < 4.78 is 0. The van der Waals surface area contributed by atoms with Gasteiger partial charge in [0, 0.05) is 18.5 Å². The molecule has 1 saturated carbocycles. The number of hydrogen-bond donors (Lipinski definition) is 1. The van der Waals surface area contributed by atoms with E-state index in [2.05, 4.69) is 29.2 Å². The average molecular weight is 258 g/mol. The van der Waals surface area contributed by atoms with Gasteiger partial charge in [0.05, 0.1) is 0 Å². The summed E-state index contributed by atoms with van der Waals surface area (Å²) in [5.41, 5.74) is 9.34. The molecule has 104 valence electrons. The van der Waals surface area contributed by atoms with E-state index in [1.165, 1.54) is 62.7 Å². The third kappa shape index (κ3) is 2.70. The van der Waals surface area contributed by atoms with E-state index in [-0.39, 0.29) is 5.41 Å². The highest BCUT2D eigenvalue weighted by atomic mass is 15.1. The van der Waals surface area contributed by atoms with E-state index < -0.39 is 0 Å². The monoisotopic (exact) mass is 258 g/mol. The summed E-state index contributed by atoms with van der Waals surface area (Å²) in [6, 6.07) is 9.24. The predicted octanol–water partition coefficient (Wildman–Crippen LogP) is 3.05. The Morgan fingerprint density at radius 1 is 1.05 bits per heavy atom. The minimum Gasteiger partial charge on any atom is -0.330 e. The van der Waals surface area contributed by atoms with Crippen molar-refractivity contribution in [2.24, 2.45) is 5.73 Å². The predicted molar refractivity (Wildman–Crippen MR) is 80.2 cm³/mol. The zero-order valence-corrected chi connectivity index (χ0v) is 11.9. The van der Waals surface area contributed by atoms with Crippen LogP contribution in [0.5, 0.6) is 0 Å². The first-order chi connectivity index (χ1) is 9.32. The van der Waals surface area contributed by atoms with Crippen molar-refractivity contribution >= 4 is 0 Å². The van der Waals surface area contributed by atoms with E-state index in [1.54, 1.807) is 0 Å². The van der Waals surface area contributed by atoms with E-state index in [1.807, 2.05) is 0 Å². The van der Waals surface area contributed by atoms with E-state index in [0.29, 0.717) is 0 Å². The number of nitrogens with zero attached hydrogens (tertiary/aromatic N) is 1. The first-order valence-electron chi connectivity index (χ1n) is 7.84. The Bertz CT molecular complexity index is 415. The topological polar surface area (TPSA) is 29.3 Å². The number of likely N-dealkylation sites (tertiary alicyclic amines) is 1. The van der Waals surface area contributed by atoms with E-state index in [4.69, 9.17) is 5.73 Å². The van der Waals surface area contributed by atoms with Crippen molar-refractivity contribution in [2.45, 2.75) is 50.5 Å². The van der Waals surface area contributed by atoms with Crippen molar-refractivity contribution in [1.29, 1.82) is 0 Å². The third-order valence-corrected chi connectivity index (χ3v) is 5.10. The molecule has 0 spiro atoms. The van der Waals surface area contributed by atoms with Crippen LogP contribution in [0.25, 0.3) is 0 Å². The Kier molecular flexibility index (Phi) is 3.90. The highest BCUT2D eigenvalue weighted by Crippen LogP contribution is 2.40. The van der Waals surface area contributed by atoms with E-state index in [9.17, 15) is 0 Å². The van der Waals surface area contributed by atoms with Crippen LogP contribution >= 0.6 is 0 Å². The second kappa shape index (κ2) is 5.64. The fourth-order valence-corrected chi connectivity index (χ4v) is 3.86. The average Bonchev–Trinajstić information content (AvgIpc) is 3.10. The molecule has 1 heterocycles. The molecule has 1 aliphatic carbocycles. The normalized spacial score (nSPS) is 23.0. The lowest BCUT2D eigenvalue weighted by atomic mass is 9.78. The lowest BCUT2D eigenvalue weighted by Gasteiger charge is -2.28. The minimum absolute atomic E-state index is 0.279. The Morgan fingerprint density at radius 3 is 2.47 bits per heavy atom. The Balaban J connectivity index is 1.78. The largest absolute Gasteiger partial charge is 0.330 e. The molecule has 1 aromatic carbocycles. The molecule has 0 bridgehead atoms. The quantitative estimate of drug-likeness (QED) is 0.899. The zero-order chi connectivity index (χ0) is 13.1. The first-order valence-corrected chi connectivity index (χ1v) is 7.84.